The Bertz CT molecular complexity index is 574. The van der Waals surface area contributed by atoms with Gasteiger partial charge in [-0.25, -0.2) is 13.2 Å². The summed E-state index contributed by atoms with van der Waals surface area (Å²) in [5.74, 6) is -1.48. The standard InChI is InChI=1S/C14H12F3NS/c15-9-5-6-12(17)13(7-9)19-14(8-18)10-3-1-2-4-11(10)16/h1-7,14H,8,18H2. The number of benzene rings is 2. The Morgan fingerprint density at radius 3 is 2.42 bits per heavy atom. The Morgan fingerprint density at radius 2 is 1.74 bits per heavy atom. The zero-order chi connectivity index (χ0) is 13.8. The second-order valence-corrected chi connectivity index (χ2v) is 5.18. The highest BCUT2D eigenvalue weighted by Crippen LogP contribution is 2.37. The van der Waals surface area contributed by atoms with Crippen molar-refractivity contribution in [1.82, 2.24) is 0 Å². The molecule has 0 fully saturated rings. The van der Waals surface area contributed by atoms with Crippen LogP contribution in [0.25, 0.3) is 0 Å². The van der Waals surface area contributed by atoms with Gasteiger partial charge in [-0.05, 0) is 24.3 Å². The van der Waals surface area contributed by atoms with Crippen LogP contribution in [0.5, 0.6) is 0 Å². The number of hydrogen-bond donors (Lipinski definition) is 1. The summed E-state index contributed by atoms with van der Waals surface area (Å²) in [6, 6.07) is 9.34. The van der Waals surface area contributed by atoms with Gasteiger partial charge in [0, 0.05) is 22.3 Å². The third kappa shape index (κ3) is 3.30. The molecule has 0 radical (unpaired) electrons. The molecule has 0 aliphatic rings. The summed E-state index contributed by atoms with van der Waals surface area (Å²) in [6.07, 6.45) is 0. The van der Waals surface area contributed by atoms with Crippen molar-refractivity contribution in [3.05, 3.63) is 65.5 Å². The highest BCUT2D eigenvalue weighted by Gasteiger charge is 2.17. The molecule has 0 saturated carbocycles. The lowest BCUT2D eigenvalue weighted by Crippen LogP contribution is -2.11. The second kappa shape index (κ2) is 6.12. The molecule has 1 atom stereocenters. The monoisotopic (exact) mass is 283 g/mol. The van der Waals surface area contributed by atoms with Crippen molar-refractivity contribution in [2.24, 2.45) is 5.73 Å². The predicted molar refractivity (Wildman–Crippen MR) is 70.4 cm³/mol. The van der Waals surface area contributed by atoms with Gasteiger partial charge in [0.2, 0.25) is 0 Å². The first-order chi connectivity index (χ1) is 9.11. The highest BCUT2D eigenvalue weighted by molar-refractivity contribution is 7.99. The Labute approximate surface area is 113 Å². The first-order valence-corrected chi connectivity index (χ1v) is 6.56. The van der Waals surface area contributed by atoms with E-state index in [0.717, 1.165) is 30.0 Å². The molecule has 2 aromatic carbocycles. The molecule has 2 N–H and O–H groups in total. The van der Waals surface area contributed by atoms with Crippen LogP contribution in [0.2, 0.25) is 0 Å². The quantitative estimate of drug-likeness (QED) is 0.861. The fourth-order valence-corrected chi connectivity index (χ4v) is 2.78. The van der Waals surface area contributed by atoms with Crippen LogP contribution in [0.4, 0.5) is 13.2 Å². The first-order valence-electron chi connectivity index (χ1n) is 5.68. The Hall–Kier alpha value is -1.46. The van der Waals surface area contributed by atoms with E-state index in [1.54, 1.807) is 18.2 Å². The van der Waals surface area contributed by atoms with Gasteiger partial charge >= 0.3 is 0 Å². The van der Waals surface area contributed by atoms with Crippen LogP contribution in [0, 0.1) is 17.5 Å². The van der Waals surface area contributed by atoms with Crippen molar-refractivity contribution in [3.63, 3.8) is 0 Å². The normalized spacial score (nSPS) is 12.4. The summed E-state index contributed by atoms with van der Waals surface area (Å²) in [4.78, 5) is 0.124. The molecule has 1 unspecified atom stereocenters. The van der Waals surface area contributed by atoms with Crippen molar-refractivity contribution in [3.8, 4) is 0 Å². The van der Waals surface area contributed by atoms with E-state index in [1.165, 1.54) is 6.07 Å². The van der Waals surface area contributed by atoms with Crippen LogP contribution < -0.4 is 5.73 Å². The molecule has 100 valence electrons. The fourth-order valence-electron chi connectivity index (χ4n) is 1.70. The van der Waals surface area contributed by atoms with Crippen molar-refractivity contribution in [2.75, 3.05) is 6.54 Å². The fraction of sp³-hybridized carbons (Fsp3) is 0.143. The van der Waals surface area contributed by atoms with Crippen LogP contribution in [0.15, 0.2) is 47.4 Å². The SMILES string of the molecule is NCC(Sc1cc(F)ccc1F)c1ccccc1F. The molecule has 0 spiro atoms. The molecule has 0 aromatic heterocycles. The molecule has 0 amide bonds. The summed E-state index contributed by atoms with van der Waals surface area (Å²) < 4.78 is 40.3. The maximum Gasteiger partial charge on any atom is 0.136 e. The van der Waals surface area contributed by atoms with E-state index >= 15 is 0 Å². The van der Waals surface area contributed by atoms with E-state index in [4.69, 9.17) is 5.73 Å². The molecule has 2 aromatic rings. The molecule has 0 saturated heterocycles. The van der Waals surface area contributed by atoms with Gasteiger partial charge in [0.1, 0.15) is 17.5 Å². The molecular formula is C14H12F3NS. The van der Waals surface area contributed by atoms with Gasteiger partial charge in [0.15, 0.2) is 0 Å². The summed E-state index contributed by atoms with van der Waals surface area (Å²) in [7, 11) is 0. The summed E-state index contributed by atoms with van der Waals surface area (Å²) in [6.45, 7) is 0.127. The van der Waals surface area contributed by atoms with Gasteiger partial charge in [0.25, 0.3) is 0 Å². The van der Waals surface area contributed by atoms with Gasteiger partial charge in [-0.2, -0.15) is 0 Å². The minimum absolute atomic E-state index is 0.124. The third-order valence-corrected chi connectivity index (χ3v) is 3.93. The predicted octanol–water partition coefficient (Wildman–Crippen LogP) is 3.90. The third-order valence-electron chi connectivity index (χ3n) is 2.63. The molecule has 0 aliphatic heterocycles. The summed E-state index contributed by atoms with van der Waals surface area (Å²) >= 11 is 1.02. The van der Waals surface area contributed by atoms with Crippen molar-refractivity contribution < 1.29 is 13.2 Å². The average Bonchev–Trinajstić information content (AvgIpc) is 2.41. The number of rotatable bonds is 4. The number of halogens is 3. The van der Waals surface area contributed by atoms with E-state index in [1.807, 2.05) is 0 Å². The molecule has 1 nitrogen and oxygen atoms in total. The molecule has 0 aliphatic carbocycles. The molecular weight excluding hydrogens is 271 g/mol. The number of thioether (sulfide) groups is 1. The van der Waals surface area contributed by atoms with Crippen LogP contribution in [0.3, 0.4) is 0 Å². The largest absolute Gasteiger partial charge is 0.329 e. The Kier molecular flexibility index (Phi) is 4.50. The van der Waals surface area contributed by atoms with Crippen LogP contribution in [0.1, 0.15) is 10.8 Å². The van der Waals surface area contributed by atoms with E-state index in [-0.39, 0.29) is 11.4 Å². The molecule has 2 rings (SSSR count). The lowest BCUT2D eigenvalue weighted by atomic mass is 10.1. The second-order valence-electron chi connectivity index (χ2n) is 3.94. The lowest BCUT2D eigenvalue weighted by Gasteiger charge is -2.16. The Balaban J connectivity index is 2.29. The first kappa shape index (κ1) is 14.0. The summed E-state index contributed by atoms with van der Waals surface area (Å²) in [5.41, 5.74) is 5.99. The maximum atomic E-state index is 13.7. The lowest BCUT2D eigenvalue weighted by molar-refractivity contribution is 0.576. The van der Waals surface area contributed by atoms with E-state index in [9.17, 15) is 13.2 Å². The minimum atomic E-state index is -0.541. The topological polar surface area (TPSA) is 26.0 Å². The van der Waals surface area contributed by atoms with Crippen molar-refractivity contribution in [2.45, 2.75) is 10.1 Å². The highest BCUT2D eigenvalue weighted by atomic mass is 32.2. The van der Waals surface area contributed by atoms with Gasteiger partial charge < -0.3 is 5.73 Å². The molecule has 0 bridgehead atoms. The van der Waals surface area contributed by atoms with Crippen molar-refractivity contribution in [1.29, 1.82) is 0 Å². The zero-order valence-corrected chi connectivity index (χ0v) is 10.8. The van der Waals surface area contributed by atoms with Gasteiger partial charge in [-0.3, -0.25) is 0 Å². The average molecular weight is 283 g/mol. The zero-order valence-electron chi connectivity index (χ0n) is 9.95. The van der Waals surface area contributed by atoms with E-state index in [2.05, 4.69) is 0 Å². The van der Waals surface area contributed by atoms with E-state index < -0.39 is 22.7 Å². The number of nitrogens with two attached hydrogens (primary N) is 1. The molecule has 5 heteroatoms. The van der Waals surface area contributed by atoms with Gasteiger partial charge in [-0.15, -0.1) is 11.8 Å². The summed E-state index contributed by atoms with van der Waals surface area (Å²) in [5, 5.41) is -0.461. The van der Waals surface area contributed by atoms with Crippen LogP contribution >= 0.6 is 11.8 Å². The number of hydrogen-bond acceptors (Lipinski definition) is 2. The minimum Gasteiger partial charge on any atom is -0.329 e. The van der Waals surface area contributed by atoms with E-state index in [0.29, 0.717) is 5.56 Å². The maximum absolute atomic E-state index is 13.7. The Morgan fingerprint density at radius 1 is 1.00 bits per heavy atom. The van der Waals surface area contributed by atoms with Gasteiger partial charge in [0.05, 0.1) is 0 Å². The molecule has 0 heterocycles. The van der Waals surface area contributed by atoms with Crippen LogP contribution in [-0.4, -0.2) is 6.54 Å². The van der Waals surface area contributed by atoms with Crippen molar-refractivity contribution >= 4 is 11.8 Å². The smallest absolute Gasteiger partial charge is 0.136 e. The van der Waals surface area contributed by atoms with Gasteiger partial charge in [-0.1, -0.05) is 18.2 Å². The molecule has 19 heavy (non-hydrogen) atoms. The van der Waals surface area contributed by atoms with Crippen LogP contribution in [-0.2, 0) is 0 Å².